The van der Waals surface area contributed by atoms with Gasteiger partial charge in [0.15, 0.2) is 11.5 Å². The predicted octanol–water partition coefficient (Wildman–Crippen LogP) is 4.88. The second-order valence-electron chi connectivity index (χ2n) is 13.6. The predicted molar refractivity (Wildman–Crippen MR) is 153 cm³/mol. The number of amides is 1. The van der Waals surface area contributed by atoms with E-state index >= 15 is 0 Å². The van der Waals surface area contributed by atoms with Crippen molar-refractivity contribution in [3.8, 4) is 23.3 Å². The largest absolute Gasteiger partial charge is 0.504 e. The zero-order chi connectivity index (χ0) is 30.3. The number of rotatable bonds is 5. The van der Waals surface area contributed by atoms with E-state index in [0.717, 1.165) is 36.3 Å². The van der Waals surface area contributed by atoms with Gasteiger partial charge in [0.05, 0.1) is 22.6 Å². The number of phenols is 1. The van der Waals surface area contributed by atoms with Crippen LogP contribution >= 0.6 is 0 Å². The monoisotopic (exact) mass is 594 g/mol. The van der Waals surface area contributed by atoms with Crippen LogP contribution in [0.15, 0.2) is 36.4 Å². The van der Waals surface area contributed by atoms with Crippen LogP contribution in [-0.4, -0.2) is 69.3 Å². The van der Waals surface area contributed by atoms with Crippen molar-refractivity contribution in [1.29, 1.82) is 0 Å². The number of halogens is 3. The Morgan fingerprint density at radius 2 is 1.88 bits per heavy atom. The van der Waals surface area contributed by atoms with Gasteiger partial charge in [-0.25, -0.2) is 0 Å². The normalized spacial score (nSPS) is 30.7. The van der Waals surface area contributed by atoms with Gasteiger partial charge in [-0.1, -0.05) is 25.8 Å². The summed E-state index contributed by atoms with van der Waals surface area (Å²) in [5, 5.41) is 23.7. The number of aromatic hydroxyl groups is 1. The van der Waals surface area contributed by atoms with Gasteiger partial charge in [0.25, 0.3) is 5.91 Å². The van der Waals surface area contributed by atoms with Crippen LogP contribution in [0.3, 0.4) is 0 Å². The van der Waals surface area contributed by atoms with Crippen molar-refractivity contribution >= 4 is 5.91 Å². The summed E-state index contributed by atoms with van der Waals surface area (Å²) in [7, 11) is 0. The molecule has 2 bridgehead atoms. The Bertz CT molecular complexity index is 1510. The molecule has 7 rings (SSSR count). The van der Waals surface area contributed by atoms with E-state index in [1.165, 1.54) is 25.0 Å². The average Bonchev–Trinajstić information content (AvgIpc) is 3.70. The Kier molecular flexibility index (Phi) is 6.57. The van der Waals surface area contributed by atoms with E-state index in [1.54, 1.807) is 11.0 Å². The highest BCUT2D eigenvalue weighted by Gasteiger charge is 2.73. The van der Waals surface area contributed by atoms with Gasteiger partial charge in [0.2, 0.25) is 0 Å². The van der Waals surface area contributed by atoms with Gasteiger partial charge in [-0.05, 0) is 92.8 Å². The first-order valence-electron chi connectivity index (χ1n) is 15.4. The fraction of sp³-hybridized carbons (Fsp3) is 0.559. The summed E-state index contributed by atoms with van der Waals surface area (Å²) in [6.45, 7) is 6.24. The maximum atomic E-state index is 13.8. The summed E-state index contributed by atoms with van der Waals surface area (Å²) in [4.78, 5) is 18.0. The number of hydrogen-bond donors (Lipinski definition) is 2. The van der Waals surface area contributed by atoms with E-state index in [-0.39, 0.29) is 17.7 Å². The van der Waals surface area contributed by atoms with E-state index in [1.807, 2.05) is 19.9 Å². The zero-order valence-electron chi connectivity index (χ0n) is 24.5. The second kappa shape index (κ2) is 9.90. The number of carbonyl (C=O) groups is 1. The lowest BCUT2D eigenvalue weighted by molar-refractivity contribution is -0.201. The van der Waals surface area contributed by atoms with Crippen molar-refractivity contribution in [2.24, 2.45) is 11.8 Å². The Balaban J connectivity index is 1.25. The van der Waals surface area contributed by atoms with Crippen molar-refractivity contribution < 1.29 is 32.9 Å². The number of likely N-dealkylation sites (tertiary alicyclic amines) is 1. The van der Waals surface area contributed by atoms with Gasteiger partial charge in [-0.3, -0.25) is 9.69 Å². The third kappa shape index (κ3) is 4.43. The number of alkyl halides is 3. The van der Waals surface area contributed by atoms with E-state index in [0.29, 0.717) is 49.5 Å². The van der Waals surface area contributed by atoms with Crippen LogP contribution in [0.4, 0.5) is 13.2 Å². The Morgan fingerprint density at radius 3 is 2.56 bits per heavy atom. The van der Waals surface area contributed by atoms with Crippen molar-refractivity contribution in [3.63, 3.8) is 0 Å². The minimum Gasteiger partial charge on any atom is -0.504 e. The Labute approximate surface area is 249 Å². The third-order valence-corrected chi connectivity index (χ3v) is 10.5. The molecule has 3 fully saturated rings. The zero-order valence-corrected chi connectivity index (χ0v) is 24.5. The highest BCUT2D eigenvalue weighted by Crippen LogP contribution is 2.66. The summed E-state index contributed by atoms with van der Waals surface area (Å²) in [6, 6.07) is 7.65. The molecule has 2 saturated carbocycles. The number of ether oxygens (including phenoxy) is 1. The molecule has 0 radical (unpaired) electrons. The van der Waals surface area contributed by atoms with Crippen molar-refractivity contribution in [1.82, 2.24) is 9.80 Å². The van der Waals surface area contributed by atoms with Crippen LogP contribution in [0.1, 0.15) is 68.2 Å². The van der Waals surface area contributed by atoms with Crippen molar-refractivity contribution in [2.75, 3.05) is 19.6 Å². The molecule has 228 valence electrons. The molecule has 2 heterocycles. The van der Waals surface area contributed by atoms with E-state index < -0.39 is 40.8 Å². The SMILES string of the molecule is CC(C)CN(C(=O)C#Cc1ccc(C(F)(F)F)cc1)[C@H]1CC[C@@]2(O)[C@H]3Cc4ccc(O)c5c4[C@@]2(CCN3CC2CC2)[C@H]1O5. The first kappa shape index (κ1) is 28.5. The summed E-state index contributed by atoms with van der Waals surface area (Å²) >= 11 is 0. The fourth-order valence-corrected chi connectivity index (χ4v) is 8.48. The molecule has 5 aliphatic rings. The minimum atomic E-state index is -4.45. The molecule has 2 N–H and O–H groups in total. The summed E-state index contributed by atoms with van der Waals surface area (Å²) in [5.41, 5.74) is -0.284. The second-order valence-corrected chi connectivity index (χ2v) is 13.6. The van der Waals surface area contributed by atoms with Gasteiger partial charge in [-0.2, -0.15) is 13.2 Å². The summed E-state index contributed by atoms with van der Waals surface area (Å²) < 4.78 is 45.7. The smallest absolute Gasteiger partial charge is 0.416 e. The molecular weight excluding hydrogens is 557 g/mol. The molecule has 2 aromatic carbocycles. The maximum Gasteiger partial charge on any atom is 0.416 e. The lowest BCUT2D eigenvalue weighted by Crippen LogP contribution is -2.78. The number of aliphatic hydroxyl groups is 1. The molecule has 1 amide bonds. The van der Waals surface area contributed by atoms with Crippen LogP contribution in [0, 0.1) is 23.7 Å². The van der Waals surface area contributed by atoms with Crippen LogP contribution < -0.4 is 4.74 Å². The number of benzene rings is 2. The lowest BCUT2D eigenvalue weighted by Gasteiger charge is -2.64. The highest BCUT2D eigenvalue weighted by atomic mass is 19.4. The first-order chi connectivity index (χ1) is 20.4. The molecular formula is C34H37F3N2O4. The Hall–Kier alpha value is -3.22. The van der Waals surface area contributed by atoms with Crippen LogP contribution in [0.2, 0.25) is 0 Å². The Morgan fingerprint density at radius 1 is 1.14 bits per heavy atom. The molecule has 1 saturated heterocycles. The molecule has 2 aliphatic heterocycles. The number of carbonyl (C=O) groups excluding carboxylic acids is 1. The molecule has 6 nitrogen and oxygen atoms in total. The maximum absolute atomic E-state index is 13.8. The molecule has 3 aliphatic carbocycles. The minimum absolute atomic E-state index is 0.0475. The molecule has 0 unspecified atom stereocenters. The van der Waals surface area contributed by atoms with Gasteiger partial charge in [0.1, 0.15) is 6.10 Å². The molecule has 43 heavy (non-hydrogen) atoms. The van der Waals surface area contributed by atoms with Gasteiger partial charge in [-0.15, -0.1) is 0 Å². The molecule has 2 aromatic rings. The van der Waals surface area contributed by atoms with Gasteiger partial charge in [0, 0.05) is 36.2 Å². The number of nitrogens with zero attached hydrogens (tertiary/aromatic N) is 2. The van der Waals surface area contributed by atoms with Crippen LogP contribution in [0.5, 0.6) is 11.5 Å². The number of hydrogen-bond acceptors (Lipinski definition) is 5. The standard InChI is InChI=1S/C34H37F3N2O4/c1-20(2)18-39(28(41)12-7-21-5-9-24(10-6-21)34(35,36)37)25-13-14-33(42)27-17-23-8-11-26(40)30-29(23)32(33,31(25)43-30)15-16-38(27)19-22-3-4-22/h5-6,8-11,20,22,25,27,31,40,42H,3-4,13-19H2,1-2H3/t25-,27+,31-,32-,33+/m0/s1. The van der Waals surface area contributed by atoms with Crippen LogP contribution in [0.25, 0.3) is 0 Å². The van der Waals surface area contributed by atoms with E-state index in [4.69, 9.17) is 4.74 Å². The fourth-order valence-electron chi connectivity index (χ4n) is 8.48. The van der Waals surface area contributed by atoms with Crippen molar-refractivity contribution in [3.05, 3.63) is 58.7 Å². The lowest BCUT2D eigenvalue weighted by atomic mass is 9.48. The van der Waals surface area contributed by atoms with Crippen LogP contribution in [-0.2, 0) is 22.8 Å². The first-order valence-corrected chi connectivity index (χ1v) is 15.4. The summed E-state index contributed by atoms with van der Waals surface area (Å²) in [5.74, 6) is 6.29. The topological polar surface area (TPSA) is 73.2 Å². The van der Waals surface area contributed by atoms with Gasteiger partial charge < -0.3 is 19.8 Å². The number of piperidine rings is 1. The quantitative estimate of drug-likeness (QED) is 0.483. The molecule has 0 aromatic heterocycles. The molecule has 1 spiro atoms. The third-order valence-electron chi connectivity index (χ3n) is 10.5. The van der Waals surface area contributed by atoms with E-state index in [9.17, 15) is 28.2 Å². The summed E-state index contributed by atoms with van der Waals surface area (Å²) in [6.07, 6.45) is -0.177. The van der Waals surface area contributed by atoms with E-state index in [2.05, 4.69) is 16.7 Å². The molecule has 5 atom stereocenters. The molecule has 9 heteroatoms. The highest BCUT2D eigenvalue weighted by molar-refractivity contribution is 5.94. The van der Waals surface area contributed by atoms with Crippen molar-refractivity contribution in [2.45, 2.75) is 87.8 Å². The average molecular weight is 595 g/mol. The number of phenolic OH excluding ortho intramolecular Hbond substituents is 1. The van der Waals surface area contributed by atoms with Gasteiger partial charge >= 0.3 is 6.18 Å².